The molecule has 38 heavy (non-hydrogen) atoms. The molecule has 6 nitrogen and oxygen atoms in total. The van der Waals surface area contributed by atoms with Crippen LogP contribution in [0.2, 0.25) is 5.15 Å². The van der Waals surface area contributed by atoms with E-state index in [2.05, 4.69) is 40.5 Å². The summed E-state index contributed by atoms with van der Waals surface area (Å²) in [6, 6.07) is 27.8. The van der Waals surface area contributed by atoms with Crippen LogP contribution in [-0.4, -0.2) is 35.7 Å². The Morgan fingerprint density at radius 2 is 1.79 bits per heavy atom. The van der Waals surface area contributed by atoms with Crippen molar-refractivity contribution in [3.8, 4) is 23.1 Å². The molecule has 0 amide bonds. The van der Waals surface area contributed by atoms with E-state index in [0.717, 1.165) is 42.0 Å². The average Bonchev–Trinajstić information content (AvgIpc) is 2.96. The summed E-state index contributed by atoms with van der Waals surface area (Å²) in [4.78, 5) is 9.02. The number of ether oxygens (including phenoxy) is 1. The van der Waals surface area contributed by atoms with Crippen LogP contribution in [0.15, 0.2) is 85.1 Å². The van der Waals surface area contributed by atoms with E-state index < -0.39 is 0 Å². The molecule has 1 atom stereocenters. The lowest BCUT2D eigenvalue weighted by atomic mass is 10.1. The Morgan fingerprint density at radius 3 is 2.42 bits per heavy atom. The monoisotopic (exact) mass is 525 g/mol. The first-order valence-electron chi connectivity index (χ1n) is 12.8. The molecule has 0 saturated carbocycles. The quantitative estimate of drug-likeness (QED) is 0.212. The highest BCUT2D eigenvalue weighted by molar-refractivity contribution is 6.32. The standard InChI is InChI=1S/C25H26ClN5O.C6H6/c1-16(2)22-8-7-21(24(26)31-22)19-11-23-25(30-13-19)32-20(15-29-23)14-28-10-9-17-3-5-18(12-27)6-4-17;1-2-4-6-5-3-1/h3-8,11,13,16,20,28-29H,9-10,14-15H2,1-2H3;1-6H. The molecule has 1 aliphatic heterocycles. The van der Waals surface area contributed by atoms with E-state index in [1.807, 2.05) is 78.9 Å². The molecule has 0 fully saturated rings. The SMILES string of the molecule is CC(C)c1ccc(-c2cnc3c(c2)NCC(CNCCc2ccc(C#N)cc2)O3)c(Cl)n1.c1ccccc1. The largest absolute Gasteiger partial charge is 0.470 e. The van der Waals surface area contributed by atoms with Crippen molar-refractivity contribution in [1.29, 1.82) is 5.26 Å². The highest BCUT2D eigenvalue weighted by Crippen LogP contribution is 2.34. The molecule has 2 aromatic carbocycles. The Hall–Kier alpha value is -3.92. The van der Waals surface area contributed by atoms with Gasteiger partial charge in [0.15, 0.2) is 0 Å². The molecule has 2 aromatic heterocycles. The van der Waals surface area contributed by atoms with Crippen molar-refractivity contribution >= 4 is 17.3 Å². The van der Waals surface area contributed by atoms with Crippen molar-refractivity contribution in [2.45, 2.75) is 32.3 Å². The second kappa shape index (κ2) is 13.6. The highest BCUT2D eigenvalue weighted by Gasteiger charge is 2.21. The van der Waals surface area contributed by atoms with Crippen LogP contribution in [0.3, 0.4) is 0 Å². The topological polar surface area (TPSA) is 82.9 Å². The fourth-order valence-corrected chi connectivity index (χ4v) is 4.24. The van der Waals surface area contributed by atoms with Gasteiger partial charge in [0, 0.05) is 29.6 Å². The molecule has 0 saturated heterocycles. The molecule has 0 spiro atoms. The lowest BCUT2D eigenvalue weighted by Crippen LogP contribution is -2.40. The fraction of sp³-hybridized carbons (Fsp3) is 0.258. The lowest BCUT2D eigenvalue weighted by molar-refractivity contribution is 0.194. The highest BCUT2D eigenvalue weighted by atomic mass is 35.5. The minimum atomic E-state index is -0.00241. The summed E-state index contributed by atoms with van der Waals surface area (Å²) < 4.78 is 6.07. The van der Waals surface area contributed by atoms with Crippen molar-refractivity contribution < 1.29 is 4.74 Å². The molecule has 4 aromatic rings. The molecule has 7 heteroatoms. The van der Waals surface area contributed by atoms with Crippen molar-refractivity contribution in [2.24, 2.45) is 0 Å². The van der Waals surface area contributed by atoms with Crippen LogP contribution in [-0.2, 0) is 6.42 Å². The predicted octanol–water partition coefficient (Wildman–Crippen LogP) is 6.48. The minimum Gasteiger partial charge on any atom is -0.470 e. The van der Waals surface area contributed by atoms with E-state index in [0.29, 0.717) is 29.1 Å². The molecular weight excluding hydrogens is 494 g/mol. The zero-order valence-corrected chi connectivity index (χ0v) is 22.4. The molecular formula is C31H32ClN5O. The first-order valence-corrected chi connectivity index (χ1v) is 13.2. The second-order valence-electron chi connectivity index (χ2n) is 9.34. The van der Waals surface area contributed by atoms with Crippen LogP contribution in [0.4, 0.5) is 5.69 Å². The minimum absolute atomic E-state index is 0.00241. The summed E-state index contributed by atoms with van der Waals surface area (Å²) >= 11 is 6.43. The van der Waals surface area contributed by atoms with E-state index in [4.69, 9.17) is 21.6 Å². The number of aromatic nitrogens is 2. The lowest BCUT2D eigenvalue weighted by Gasteiger charge is -2.27. The summed E-state index contributed by atoms with van der Waals surface area (Å²) in [5.41, 5.74) is 5.49. The zero-order valence-electron chi connectivity index (χ0n) is 21.7. The van der Waals surface area contributed by atoms with Crippen molar-refractivity contribution in [3.05, 3.63) is 107 Å². The van der Waals surface area contributed by atoms with Crippen LogP contribution >= 0.6 is 11.6 Å². The molecule has 1 unspecified atom stereocenters. The number of hydrogen-bond acceptors (Lipinski definition) is 6. The maximum Gasteiger partial charge on any atom is 0.237 e. The number of halogens is 1. The van der Waals surface area contributed by atoms with Gasteiger partial charge in [-0.05, 0) is 54.8 Å². The van der Waals surface area contributed by atoms with Gasteiger partial charge >= 0.3 is 0 Å². The normalized spacial score (nSPS) is 13.8. The number of benzene rings is 2. The number of rotatable bonds is 7. The maximum atomic E-state index is 8.87. The van der Waals surface area contributed by atoms with Crippen LogP contribution in [0, 0.1) is 11.3 Å². The molecule has 0 radical (unpaired) electrons. The Labute approximate surface area is 229 Å². The van der Waals surface area contributed by atoms with Crippen LogP contribution in [0.25, 0.3) is 11.1 Å². The Kier molecular flexibility index (Phi) is 9.69. The fourth-order valence-electron chi connectivity index (χ4n) is 3.97. The second-order valence-corrected chi connectivity index (χ2v) is 9.70. The van der Waals surface area contributed by atoms with Crippen LogP contribution in [0.1, 0.15) is 36.6 Å². The number of hydrogen-bond donors (Lipinski definition) is 2. The van der Waals surface area contributed by atoms with Gasteiger partial charge < -0.3 is 15.4 Å². The molecule has 1 aliphatic rings. The number of pyridine rings is 2. The maximum absolute atomic E-state index is 8.87. The van der Waals surface area contributed by atoms with E-state index >= 15 is 0 Å². The van der Waals surface area contributed by atoms with Gasteiger partial charge in [-0.25, -0.2) is 9.97 Å². The number of nitrogens with one attached hydrogen (secondary N) is 2. The summed E-state index contributed by atoms with van der Waals surface area (Å²) in [5.74, 6) is 0.926. The number of anilines is 1. The predicted molar refractivity (Wildman–Crippen MR) is 154 cm³/mol. The number of nitrogens with zero attached hydrogens (tertiary/aromatic N) is 3. The van der Waals surface area contributed by atoms with Crippen LogP contribution in [0.5, 0.6) is 5.88 Å². The Morgan fingerprint density at radius 1 is 1.08 bits per heavy atom. The molecule has 5 rings (SSSR count). The van der Waals surface area contributed by atoms with E-state index in [1.54, 1.807) is 6.20 Å². The third-order valence-corrected chi connectivity index (χ3v) is 6.42. The van der Waals surface area contributed by atoms with Gasteiger partial charge in [0.2, 0.25) is 5.88 Å². The van der Waals surface area contributed by atoms with Crippen LogP contribution < -0.4 is 15.4 Å². The van der Waals surface area contributed by atoms with Crippen molar-refractivity contribution in [2.75, 3.05) is 25.0 Å². The molecule has 0 aliphatic carbocycles. The summed E-state index contributed by atoms with van der Waals surface area (Å²) in [6.45, 7) is 6.44. The smallest absolute Gasteiger partial charge is 0.237 e. The van der Waals surface area contributed by atoms with E-state index in [-0.39, 0.29) is 6.10 Å². The van der Waals surface area contributed by atoms with Gasteiger partial charge in [-0.1, -0.05) is 74.0 Å². The molecule has 0 bridgehead atoms. The Balaban J connectivity index is 0.000000494. The number of fused-ring (bicyclic) bond motifs is 1. The molecule has 194 valence electrons. The summed E-state index contributed by atoms with van der Waals surface area (Å²) in [6.07, 6.45) is 2.67. The van der Waals surface area contributed by atoms with Gasteiger partial charge in [0.25, 0.3) is 0 Å². The van der Waals surface area contributed by atoms with Gasteiger partial charge in [0.1, 0.15) is 11.3 Å². The third-order valence-electron chi connectivity index (χ3n) is 6.13. The zero-order chi connectivity index (χ0) is 26.7. The van der Waals surface area contributed by atoms with Crippen molar-refractivity contribution in [3.63, 3.8) is 0 Å². The molecule has 3 heterocycles. The van der Waals surface area contributed by atoms with Crippen molar-refractivity contribution in [1.82, 2.24) is 15.3 Å². The Bertz CT molecular complexity index is 1330. The van der Waals surface area contributed by atoms with Gasteiger partial charge in [-0.2, -0.15) is 5.26 Å². The van der Waals surface area contributed by atoms with E-state index in [1.165, 1.54) is 5.56 Å². The first-order chi connectivity index (χ1) is 18.5. The number of nitriles is 1. The summed E-state index contributed by atoms with van der Waals surface area (Å²) in [7, 11) is 0. The van der Waals surface area contributed by atoms with Gasteiger partial charge in [-0.15, -0.1) is 0 Å². The van der Waals surface area contributed by atoms with E-state index in [9.17, 15) is 0 Å². The summed E-state index contributed by atoms with van der Waals surface area (Å²) in [5, 5.41) is 16.2. The third kappa shape index (κ3) is 7.55. The first kappa shape index (κ1) is 27.1. The van der Waals surface area contributed by atoms with Gasteiger partial charge in [0.05, 0.1) is 23.9 Å². The molecule has 2 N–H and O–H groups in total. The van der Waals surface area contributed by atoms with Gasteiger partial charge in [-0.3, -0.25) is 0 Å². The average molecular weight is 526 g/mol.